The summed E-state index contributed by atoms with van der Waals surface area (Å²) in [6.07, 6.45) is 0. The van der Waals surface area contributed by atoms with Crippen LogP contribution in [0.25, 0.3) is 0 Å². The molecule has 0 aromatic heterocycles. The van der Waals surface area contributed by atoms with Gasteiger partial charge in [-0.2, -0.15) is 12.7 Å². The van der Waals surface area contributed by atoms with Crippen molar-refractivity contribution in [3.8, 4) is 0 Å². The van der Waals surface area contributed by atoms with Gasteiger partial charge in [0.05, 0.1) is 7.11 Å². The SMILES string of the molecule is COC(=O)C1C(N)C(=O)N1S(=O)(=O)O.[H-].[Na+]. The molecule has 1 fully saturated rings. The molecule has 3 N–H and O–H groups in total. The first-order valence-electron chi connectivity index (χ1n) is 3.44. The topological polar surface area (TPSA) is 127 Å². The van der Waals surface area contributed by atoms with E-state index in [-0.39, 0.29) is 35.3 Å². The molecule has 1 heterocycles. The van der Waals surface area contributed by atoms with E-state index in [1.165, 1.54) is 0 Å². The Kier molecular flexibility index (Phi) is 4.70. The first-order valence-corrected chi connectivity index (χ1v) is 4.84. The van der Waals surface area contributed by atoms with Gasteiger partial charge in [0, 0.05) is 0 Å². The third-order valence-electron chi connectivity index (χ3n) is 1.79. The van der Waals surface area contributed by atoms with Crippen molar-refractivity contribution in [3.05, 3.63) is 0 Å². The average molecular weight is 248 g/mol. The second kappa shape index (κ2) is 4.76. The predicted molar refractivity (Wildman–Crippen MR) is 43.3 cm³/mol. The summed E-state index contributed by atoms with van der Waals surface area (Å²) in [6, 6.07) is -2.76. The molecule has 82 valence electrons. The summed E-state index contributed by atoms with van der Waals surface area (Å²) < 4.78 is 33.9. The molecule has 1 rings (SSSR count). The molecule has 0 radical (unpaired) electrons. The molecule has 1 aliphatic heterocycles. The van der Waals surface area contributed by atoms with E-state index in [0.717, 1.165) is 7.11 Å². The fraction of sp³-hybridized carbons (Fsp3) is 0.600. The summed E-state index contributed by atoms with van der Waals surface area (Å²) in [5.41, 5.74) is 5.16. The van der Waals surface area contributed by atoms with Crippen molar-refractivity contribution in [1.82, 2.24) is 4.31 Å². The number of nitrogens with two attached hydrogens (primary N) is 1. The summed E-state index contributed by atoms with van der Waals surface area (Å²) in [5, 5.41) is 0. The quantitative estimate of drug-likeness (QED) is 0.216. The number of carbonyl (C=O) groups is 2. The molecule has 0 aromatic carbocycles. The van der Waals surface area contributed by atoms with Crippen LogP contribution in [0.4, 0.5) is 0 Å². The zero-order chi connectivity index (χ0) is 11.1. The molecule has 8 nitrogen and oxygen atoms in total. The second-order valence-corrected chi connectivity index (χ2v) is 3.89. The molecule has 2 unspecified atom stereocenters. The van der Waals surface area contributed by atoms with Gasteiger partial charge >= 0.3 is 45.8 Å². The van der Waals surface area contributed by atoms with Gasteiger partial charge in [-0.25, -0.2) is 4.79 Å². The van der Waals surface area contributed by atoms with Gasteiger partial charge in [-0.15, -0.1) is 0 Å². The van der Waals surface area contributed by atoms with Gasteiger partial charge in [0.2, 0.25) is 0 Å². The van der Waals surface area contributed by atoms with Crippen molar-refractivity contribution in [1.29, 1.82) is 0 Å². The number of carbonyl (C=O) groups excluding carboxylic acids is 2. The van der Waals surface area contributed by atoms with Gasteiger partial charge < -0.3 is 11.9 Å². The molecule has 2 atom stereocenters. The molecule has 1 aliphatic rings. The summed E-state index contributed by atoms with van der Waals surface area (Å²) in [6.45, 7) is 0. The van der Waals surface area contributed by atoms with Gasteiger partial charge in [-0.05, 0) is 0 Å². The Bertz CT molecular complexity index is 386. The van der Waals surface area contributed by atoms with Gasteiger partial charge in [0.25, 0.3) is 5.91 Å². The minimum atomic E-state index is -4.75. The molecular weight excluding hydrogens is 239 g/mol. The van der Waals surface area contributed by atoms with E-state index >= 15 is 0 Å². The van der Waals surface area contributed by atoms with Crippen molar-refractivity contribution in [3.63, 3.8) is 0 Å². The number of esters is 1. The van der Waals surface area contributed by atoms with E-state index in [1.54, 1.807) is 0 Å². The molecule has 0 saturated carbocycles. The monoisotopic (exact) mass is 248 g/mol. The Morgan fingerprint density at radius 1 is 1.67 bits per heavy atom. The summed E-state index contributed by atoms with van der Waals surface area (Å²) >= 11 is 0. The molecule has 0 aromatic rings. The van der Waals surface area contributed by atoms with Gasteiger partial charge in [-0.3, -0.25) is 9.35 Å². The molecule has 0 aliphatic carbocycles. The Morgan fingerprint density at radius 3 is 2.47 bits per heavy atom. The van der Waals surface area contributed by atoms with Crippen LogP contribution in [0.15, 0.2) is 0 Å². The van der Waals surface area contributed by atoms with Crippen LogP contribution in [0.1, 0.15) is 1.43 Å². The van der Waals surface area contributed by atoms with Crippen molar-refractivity contribution in [2.75, 3.05) is 7.11 Å². The van der Waals surface area contributed by atoms with E-state index in [0.29, 0.717) is 0 Å². The maximum absolute atomic E-state index is 10.9. The first kappa shape index (κ1) is 14.8. The van der Waals surface area contributed by atoms with Gasteiger partial charge in [-0.1, -0.05) is 0 Å². The molecule has 1 saturated heterocycles. The zero-order valence-corrected chi connectivity index (χ0v) is 10.9. The molecule has 0 bridgehead atoms. The Labute approximate surface area is 109 Å². The number of hydrogen-bond donors (Lipinski definition) is 2. The average Bonchev–Trinajstić information content (AvgIpc) is 2.09. The normalized spacial score (nSPS) is 25.3. The number of methoxy groups -OCH3 is 1. The van der Waals surface area contributed by atoms with Crippen LogP contribution in [0, 0.1) is 0 Å². The van der Waals surface area contributed by atoms with Crippen molar-refractivity contribution in [2.45, 2.75) is 12.1 Å². The first-order chi connectivity index (χ1) is 6.30. The zero-order valence-electron chi connectivity index (χ0n) is 9.08. The number of rotatable bonds is 2. The van der Waals surface area contributed by atoms with E-state index in [1.807, 2.05) is 0 Å². The van der Waals surface area contributed by atoms with Crippen LogP contribution >= 0.6 is 0 Å². The predicted octanol–water partition coefficient (Wildman–Crippen LogP) is -5.38. The standard InChI is InChI=1S/C5H8N2O6S.Na.H/c1-13-5(9)3-2(6)4(8)7(3)14(10,11)12;;/h2-3H,6H2,1H3,(H,10,11,12);;/q;+1;-1. The Balaban J connectivity index is 0. The maximum atomic E-state index is 10.9. The van der Waals surface area contributed by atoms with E-state index < -0.39 is 34.3 Å². The largest absolute Gasteiger partial charge is 1.00 e. The molecule has 15 heavy (non-hydrogen) atoms. The van der Waals surface area contributed by atoms with E-state index in [9.17, 15) is 18.0 Å². The van der Waals surface area contributed by atoms with Crippen molar-refractivity contribution >= 4 is 22.2 Å². The number of hydrogen-bond acceptors (Lipinski definition) is 6. The smallest absolute Gasteiger partial charge is 1.00 e. The molecule has 1 amide bonds. The minimum absolute atomic E-state index is 0. The fourth-order valence-corrected chi connectivity index (χ4v) is 1.96. The van der Waals surface area contributed by atoms with Crippen molar-refractivity contribution in [2.24, 2.45) is 5.73 Å². The van der Waals surface area contributed by atoms with Crippen LogP contribution in [-0.2, 0) is 24.6 Å². The van der Waals surface area contributed by atoms with Crippen LogP contribution in [0.3, 0.4) is 0 Å². The van der Waals surface area contributed by atoms with Crippen LogP contribution in [0.2, 0.25) is 0 Å². The van der Waals surface area contributed by atoms with E-state index in [4.69, 9.17) is 10.3 Å². The van der Waals surface area contributed by atoms with Gasteiger partial charge in [0.1, 0.15) is 6.04 Å². The number of β-lactam (4-membered cyclic amide) rings is 1. The third-order valence-corrected chi connectivity index (χ3v) is 2.69. The van der Waals surface area contributed by atoms with Crippen LogP contribution in [0.5, 0.6) is 0 Å². The molecular formula is C5H9N2NaO6S. The van der Waals surface area contributed by atoms with Crippen LogP contribution < -0.4 is 35.3 Å². The maximum Gasteiger partial charge on any atom is 1.00 e. The summed E-state index contributed by atoms with van der Waals surface area (Å²) in [4.78, 5) is 21.8. The van der Waals surface area contributed by atoms with Gasteiger partial charge in [0.15, 0.2) is 6.04 Å². The number of nitrogens with zero attached hydrogens (tertiary/aromatic N) is 1. The van der Waals surface area contributed by atoms with Crippen molar-refractivity contribution < 1.29 is 58.3 Å². The second-order valence-electron chi connectivity index (χ2n) is 2.61. The fourth-order valence-electron chi connectivity index (χ4n) is 1.10. The Morgan fingerprint density at radius 2 is 2.13 bits per heavy atom. The summed E-state index contributed by atoms with van der Waals surface area (Å²) in [5.74, 6) is -2.03. The third kappa shape index (κ3) is 2.49. The molecule has 0 spiro atoms. The number of ether oxygens (including phenoxy) is 1. The Hall–Kier alpha value is -0.190. The minimum Gasteiger partial charge on any atom is -1.00 e. The van der Waals surface area contributed by atoms with E-state index in [2.05, 4.69) is 4.74 Å². The summed E-state index contributed by atoms with van der Waals surface area (Å²) in [7, 11) is -3.74. The number of amides is 1. The molecule has 10 heteroatoms. The van der Waals surface area contributed by atoms with Crippen LogP contribution in [-0.4, -0.2) is 48.3 Å².